The Morgan fingerprint density at radius 3 is 2.33 bits per heavy atom. The van der Waals surface area contributed by atoms with Gasteiger partial charge in [0.05, 0.1) is 19.1 Å². The number of nitro benzene ring substituents is 1. The molecule has 0 N–H and O–H groups in total. The summed E-state index contributed by atoms with van der Waals surface area (Å²) in [7, 11) is 4.32. The Morgan fingerprint density at radius 2 is 1.77 bits per heavy atom. The highest BCUT2D eigenvalue weighted by atomic mass is 19.4. The summed E-state index contributed by atoms with van der Waals surface area (Å²) in [5.74, 6) is -0.103. The lowest BCUT2D eigenvalue weighted by Crippen LogP contribution is -2.27. The second-order valence-corrected chi connectivity index (χ2v) is 6.18. The van der Waals surface area contributed by atoms with Gasteiger partial charge in [0.1, 0.15) is 22.8 Å². The van der Waals surface area contributed by atoms with Crippen molar-refractivity contribution in [2.75, 3.05) is 27.9 Å². The van der Waals surface area contributed by atoms with Crippen LogP contribution in [0.15, 0.2) is 36.4 Å². The number of hydrogen-bond acceptors (Lipinski definition) is 6. The molecular formula is C19H19F3N2O6. The summed E-state index contributed by atoms with van der Waals surface area (Å²) in [5.41, 5.74) is -0.344. The summed E-state index contributed by atoms with van der Waals surface area (Å²) in [5, 5.41) is 11.3. The number of carbonyl (C=O) groups excluding carboxylic acids is 1. The largest absolute Gasteiger partial charge is 0.497 e. The molecule has 162 valence electrons. The summed E-state index contributed by atoms with van der Waals surface area (Å²) in [6.07, 6.45) is -4.59. The summed E-state index contributed by atoms with van der Waals surface area (Å²) in [4.78, 5) is 24.5. The van der Waals surface area contributed by atoms with E-state index in [9.17, 15) is 28.1 Å². The van der Waals surface area contributed by atoms with E-state index in [1.165, 1.54) is 26.2 Å². The maximum Gasteiger partial charge on any atom is 0.422 e. The highest BCUT2D eigenvalue weighted by Crippen LogP contribution is 2.29. The highest BCUT2D eigenvalue weighted by molar-refractivity contribution is 5.98. The fourth-order valence-electron chi connectivity index (χ4n) is 2.62. The van der Waals surface area contributed by atoms with E-state index >= 15 is 0 Å². The van der Waals surface area contributed by atoms with Crippen LogP contribution in [0.3, 0.4) is 0 Å². The molecule has 0 heterocycles. The van der Waals surface area contributed by atoms with Gasteiger partial charge in [0, 0.05) is 31.3 Å². The van der Waals surface area contributed by atoms with Crippen LogP contribution < -0.4 is 14.2 Å². The number of alkyl halides is 3. The van der Waals surface area contributed by atoms with E-state index in [1.54, 1.807) is 18.2 Å². The molecular weight excluding hydrogens is 409 g/mol. The second kappa shape index (κ2) is 9.33. The van der Waals surface area contributed by atoms with Gasteiger partial charge in [-0.25, -0.2) is 0 Å². The van der Waals surface area contributed by atoms with Gasteiger partial charge < -0.3 is 19.1 Å². The Hall–Kier alpha value is -3.50. The number of ether oxygens (including phenoxy) is 3. The molecule has 0 aliphatic rings. The second-order valence-electron chi connectivity index (χ2n) is 6.18. The number of amides is 1. The van der Waals surface area contributed by atoms with Gasteiger partial charge in [0.15, 0.2) is 6.61 Å². The topological polar surface area (TPSA) is 91.1 Å². The molecule has 0 aliphatic heterocycles. The molecule has 2 aromatic carbocycles. The smallest absolute Gasteiger partial charge is 0.422 e. The van der Waals surface area contributed by atoms with Crippen LogP contribution in [0, 0.1) is 10.1 Å². The molecule has 0 unspecified atom stereocenters. The van der Waals surface area contributed by atoms with Crippen molar-refractivity contribution in [3.8, 4) is 17.2 Å². The molecule has 0 atom stereocenters. The van der Waals surface area contributed by atoms with Crippen molar-refractivity contribution >= 4 is 11.6 Å². The molecule has 0 saturated carbocycles. The van der Waals surface area contributed by atoms with Gasteiger partial charge in [-0.05, 0) is 24.3 Å². The van der Waals surface area contributed by atoms with E-state index in [-0.39, 0.29) is 12.3 Å². The fraction of sp³-hybridized carbons (Fsp3) is 0.316. The molecule has 8 nitrogen and oxygen atoms in total. The average molecular weight is 428 g/mol. The Morgan fingerprint density at radius 1 is 1.10 bits per heavy atom. The summed E-state index contributed by atoms with van der Waals surface area (Å²) >= 11 is 0. The lowest BCUT2D eigenvalue weighted by Gasteiger charge is -2.20. The summed E-state index contributed by atoms with van der Waals surface area (Å²) < 4.78 is 52.1. The van der Waals surface area contributed by atoms with Crippen LogP contribution in [0.1, 0.15) is 15.9 Å². The van der Waals surface area contributed by atoms with Crippen molar-refractivity contribution in [2.24, 2.45) is 0 Å². The third kappa shape index (κ3) is 5.75. The first-order valence-electron chi connectivity index (χ1n) is 8.50. The van der Waals surface area contributed by atoms with Crippen molar-refractivity contribution in [1.82, 2.24) is 4.90 Å². The zero-order chi connectivity index (χ0) is 22.5. The molecule has 0 bridgehead atoms. The number of carbonyl (C=O) groups is 1. The molecule has 0 aliphatic carbocycles. The normalized spacial score (nSPS) is 11.0. The molecule has 0 aromatic heterocycles. The third-order valence-electron chi connectivity index (χ3n) is 4.05. The maximum atomic E-state index is 12.8. The van der Waals surface area contributed by atoms with E-state index in [0.29, 0.717) is 17.1 Å². The number of methoxy groups -OCH3 is 2. The Bertz CT molecular complexity index is 933. The molecule has 0 radical (unpaired) electrons. The number of hydrogen-bond donors (Lipinski definition) is 0. The number of nitrogens with zero attached hydrogens (tertiary/aromatic N) is 2. The van der Waals surface area contributed by atoms with E-state index in [0.717, 1.165) is 18.2 Å². The van der Waals surface area contributed by atoms with Crippen molar-refractivity contribution in [3.63, 3.8) is 0 Å². The minimum absolute atomic E-state index is 0.0246. The first kappa shape index (κ1) is 22.8. The van der Waals surface area contributed by atoms with Gasteiger partial charge in [0.25, 0.3) is 11.6 Å². The minimum atomic E-state index is -4.59. The molecule has 0 spiro atoms. The van der Waals surface area contributed by atoms with E-state index in [4.69, 9.17) is 9.47 Å². The molecule has 0 saturated heterocycles. The van der Waals surface area contributed by atoms with Crippen molar-refractivity contribution in [2.45, 2.75) is 12.7 Å². The van der Waals surface area contributed by atoms with Crippen LogP contribution in [0.4, 0.5) is 18.9 Å². The predicted molar refractivity (Wildman–Crippen MR) is 100.0 cm³/mol. The van der Waals surface area contributed by atoms with Crippen LogP contribution in [-0.4, -0.2) is 49.8 Å². The van der Waals surface area contributed by atoms with Gasteiger partial charge in [-0.2, -0.15) is 13.2 Å². The highest BCUT2D eigenvalue weighted by Gasteiger charge is 2.30. The number of nitro groups is 1. The summed E-state index contributed by atoms with van der Waals surface area (Å²) in [6.45, 7) is -1.56. The quantitative estimate of drug-likeness (QED) is 0.469. The predicted octanol–water partition coefficient (Wildman–Crippen LogP) is 3.83. The molecule has 1 amide bonds. The van der Waals surface area contributed by atoms with Gasteiger partial charge in [0.2, 0.25) is 0 Å². The number of rotatable bonds is 8. The minimum Gasteiger partial charge on any atom is -0.497 e. The van der Waals surface area contributed by atoms with Gasteiger partial charge in [-0.15, -0.1) is 0 Å². The van der Waals surface area contributed by atoms with E-state index in [2.05, 4.69) is 4.74 Å². The van der Waals surface area contributed by atoms with Crippen LogP contribution in [0.2, 0.25) is 0 Å². The Kier molecular flexibility index (Phi) is 7.09. The first-order valence-corrected chi connectivity index (χ1v) is 8.50. The molecule has 30 heavy (non-hydrogen) atoms. The van der Waals surface area contributed by atoms with Gasteiger partial charge in [-0.3, -0.25) is 14.9 Å². The number of benzene rings is 2. The van der Waals surface area contributed by atoms with Gasteiger partial charge in [-0.1, -0.05) is 0 Å². The lowest BCUT2D eigenvalue weighted by molar-refractivity contribution is -0.385. The molecule has 2 rings (SSSR count). The third-order valence-corrected chi connectivity index (χ3v) is 4.05. The van der Waals surface area contributed by atoms with Crippen molar-refractivity contribution in [1.29, 1.82) is 0 Å². The lowest BCUT2D eigenvalue weighted by atomic mass is 10.1. The van der Waals surface area contributed by atoms with Crippen LogP contribution in [0.5, 0.6) is 17.2 Å². The van der Waals surface area contributed by atoms with Crippen molar-refractivity contribution in [3.05, 3.63) is 57.6 Å². The van der Waals surface area contributed by atoms with E-state index in [1.807, 2.05) is 0 Å². The van der Waals surface area contributed by atoms with E-state index < -0.39 is 34.9 Å². The van der Waals surface area contributed by atoms with Crippen molar-refractivity contribution < 1.29 is 37.1 Å². The Labute approximate surface area is 169 Å². The fourth-order valence-corrected chi connectivity index (χ4v) is 2.62. The Balaban J connectivity index is 2.30. The summed E-state index contributed by atoms with van der Waals surface area (Å²) in [6, 6.07) is 7.80. The first-order chi connectivity index (χ1) is 14.1. The van der Waals surface area contributed by atoms with Crippen LogP contribution in [0.25, 0.3) is 0 Å². The molecule has 11 heteroatoms. The van der Waals surface area contributed by atoms with Crippen LogP contribution in [-0.2, 0) is 6.54 Å². The monoisotopic (exact) mass is 428 g/mol. The standard InChI is InChI=1S/C19H19F3N2O6/c1-23(10-12-4-5-13(28-2)9-17(12)29-3)18(25)15-8-14(30-11-19(20,21)22)6-7-16(15)24(26)27/h4-9H,10-11H2,1-3H3. The SMILES string of the molecule is COc1ccc(CN(C)C(=O)c2cc(OCC(F)(F)F)ccc2[N+](=O)[O-])c(OC)c1. The zero-order valence-electron chi connectivity index (χ0n) is 16.4. The van der Waals surface area contributed by atoms with Crippen LogP contribution >= 0.6 is 0 Å². The molecule has 0 fully saturated rings. The average Bonchev–Trinajstić information content (AvgIpc) is 2.71. The zero-order valence-corrected chi connectivity index (χ0v) is 16.4. The number of halogens is 3. The van der Waals surface area contributed by atoms with Gasteiger partial charge >= 0.3 is 6.18 Å². The molecule has 2 aromatic rings. The maximum absolute atomic E-state index is 12.8.